The van der Waals surface area contributed by atoms with Crippen molar-refractivity contribution in [1.29, 1.82) is 0 Å². The molecule has 4 fully saturated rings. The van der Waals surface area contributed by atoms with E-state index in [9.17, 15) is 9.59 Å². The van der Waals surface area contributed by atoms with Crippen LogP contribution in [0.15, 0.2) is 0 Å². The van der Waals surface area contributed by atoms with Gasteiger partial charge in [-0.25, -0.2) is 0 Å². The van der Waals surface area contributed by atoms with Crippen molar-refractivity contribution in [3.63, 3.8) is 0 Å². The molecule has 0 aromatic heterocycles. The van der Waals surface area contributed by atoms with Crippen molar-refractivity contribution in [3.05, 3.63) is 0 Å². The summed E-state index contributed by atoms with van der Waals surface area (Å²) in [7, 11) is 0. The van der Waals surface area contributed by atoms with Crippen LogP contribution in [-0.2, 0) is 14.3 Å². The normalized spacial score (nSPS) is 51.6. The average Bonchev–Trinajstić information content (AvgIpc) is 2.93. The molecule has 8 atom stereocenters. The van der Waals surface area contributed by atoms with Crippen LogP contribution in [0.4, 0.5) is 0 Å². The molecule has 1 N–H and O–H groups in total. The lowest BCUT2D eigenvalue weighted by Crippen LogP contribution is -2.55. The van der Waals surface area contributed by atoms with Crippen LogP contribution in [0, 0.1) is 34.5 Å². The summed E-state index contributed by atoms with van der Waals surface area (Å²) in [5, 5.41) is 3.14. The Balaban J connectivity index is 1.54. The van der Waals surface area contributed by atoms with Gasteiger partial charge >= 0.3 is 0 Å². The highest BCUT2D eigenvalue weighted by atomic mass is 16.5. The molecule has 0 spiro atoms. The highest BCUT2D eigenvalue weighted by Gasteiger charge is 2.60. The third-order valence-electron chi connectivity index (χ3n) is 9.13. The summed E-state index contributed by atoms with van der Waals surface area (Å²) < 4.78 is 5.32. The zero-order valence-electron chi connectivity index (χ0n) is 15.7. The van der Waals surface area contributed by atoms with Crippen molar-refractivity contribution in [2.24, 2.45) is 34.5 Å². The third-order valence-corrected chi connectivity index (χ3v) is 9.13. The van der Waals surface area contributed by atoms with E-state index in [-0.39, 0.29) is 6.10 Å². The van der Waals surface area contributed by atoms with Crippen molar-refractivity contribution in [3.8, 4) is 0 Å². The van der Waals surface area contributed by atoms with Crippen molar-refractivity contribution < 1.29 is 14.3 Å². The summed E-state index contributed by atoms with van der Waals surface area (Å²) in [6.45, 7) is 5.61. The largest absolute Gasteiger partial charge is 0.465 e. The smallest absolute Gasteiger partial charge is 0.293 e. The van der Waals surface area contributed by atoms with Crippen LogP contribution in [0.3, 0.4) is 0 Å². The van der Waals surface area contributed by atoms with Gasteiger partial charge in [-0.1, -0.05) is 13.8 Å². The molecule has 1 amide bonds. The van der Waals surface area contributed by atoms with Crippen molar-refractivity contribution in [1.82, 2.24) is 5.32 Å². The van der Waals surface area contributed by atoms with Crippen LogP contribution in [0.2, 0.25) is 0 Å². The van der Waals surface area contributed by atoms with Gasteiger partial charge in [0, 0.05) is 6.04 Å². The van der Waals surface area contributed by atoms with E-state index in [0.717, 1.165) is 43.4 Å². The molecule has 0 aliphatic heterocycles. The lowest BCUT2D eigenvalue weighted by molar-refractivity contribution is -0.149. The molecular weight excluding hydrogens is 314 g/mol. The fourth-order valence-corrected chi connectivity index (χ4v) is 7.78. The fourth-order valence-electron chi connectivity index (χ4n) is 7.78. The SMILES string of the molecule is C[C@]12CC[C@@H](OC=O)C[C@@H]1CC[C@@H]1[C@@H]2CC[C@]2(C)[C@@H](NC=O)CC[C@@H]12. The third kappa shape index (κ3) is 2.54. The molecule has 4 rings (SSSR count). The zero-order chi connectivity index (χ0) is 17.7. The summed E-state index contributed by atoms with van der Waals surface area (Å²) in [5.74, 6) is 3.12. The summed E-state index contributed by atoms with van der Waals surface area (Å²) in [6.07, 6.45) is 12.0. The van der Waals surface area contributed by atoms with Gasteiger partial charge in [-0.15, -0.1) is 0 Å². The molecule has 0 radical (unpaired) electrons. The van der Waals surface area contributed by atoms with Gasteiger partial charge in [0.2, 0.25) is 6.41 Å². The van der Waals surface area contributed by atoms with Crippen molar-refractivity contribution in [2.75, 3.05) is 0 Å². The van der Waals surface area contributed by atoms with Crippen LogP contribution < -0.4 is 5.32 Å². The molecule has 4 heteroatoms. The number of hydrogen-bond donors (Lipinski definition) is 1. The predicted molar refractivity (Wildman–Crippen MR) is 95.7 cm³/mol. The second kappa shape index (κ2) is 6.28. The number of ether oxygens (including phenoxy) is 1. The van der Waals surface area contributed by atoms with E-state index < -0.39 is 0 Å². The second-order valence-corrected chi connectivity index (χ2v) is 9.74. The monoisotopic (exact) mass is 347 g/mol. The number of rotatable bonds is 4. The standard InChI is InChI=1S/C21H33NO3/c1-20-9-7-15(25-13-24)11-14(20)3-4-16-17-5-6-19(22-12-23)21(17,2)10-8-18(16)20/h12-19H,3-11H2,1-2H3,(H,22,23)/t14-,15+,16-,17-,18-,19-,20-,21-/m0/s1. The lowest BCUT2D eigenvalue weighted by atomic mass is 9.45. The van der Waals surface area contributed by atoms with E-state index in [0.29, 0.717) is 29.3 Å². The highest BCUT2D eigenvalue weighted by Crippen LogP contribution is 2.66. The first kappa shape index (κ1) is 17.4. The zero-order valence-corrected chi connectivity index (χ0v) is 15.7. The molecule has 4 aliphatic rings. The van der Waals surface area contributed by atoms with Gasteiger partial charge in [-0.3, -0.25) is 9.59 Å². The van der Waals surface area contributed by atoms with E-state index in [2.05, 4.69) is 19.2 Å². The van der Waals surface area contributed by atoms with Crippen LogP contribution >= 0.6 is 0 Å². The topological polar surface area (TPSA) is 55.4 Å². The average molecular weight is 347 g/mol. The Morgan fingerprint density at radius 2 is 1.68 bits per heavy atom. The molecule has 4 saturated carbocycles. The molecule has 0 aromatic carbocycles. The first-order valence-electron chi connectivity index (χ1n) is 10.3. The molecule has 0 aromatic rings. The van der Waals surface area contributed by atoms with E-state index in [1.165, 1.54) is 38.5 Å². The molecule has 0 heterocycles. The quantitative estimate of drug-likeness (QED) is 0.789. The molecule has 0 saturated heterocycles. The second-order valence-electron chi connectivity index (χ2n) is 9.74. The number of hydrogen-bond acceptors (Lipinski definition) is 3. The highest BCUT2D eigenvalue weighted by molar-refractivity contribution is 5.47. The Bertz CT molecular complexity index is 537. The van der Waals surface area contributed by atoms with Crippen molar-refractivity contribution >= 4 is 12.9 Å². The van der Waals surface area contributed by atoms with E-state index in [1.54, 1.807) is 0 Å². The van der Waals surface area contributed by atoms with E-state index in [1.807, 2.05) is 0 Å². The van der Waals surface area contributed by atoms with E-state index >= 15 is 0 Å². The van der Waals surface area contributed by atoms with Gasteiger partial charge in [0.05, 0.1) is 0 Å². The Kier molecular flexibility index (Phi) is 4.36. The maximum absolute atomic E-state index is 11.0. The predicted octanol–water partition coefficient (Wildman–Crippen LogP) is 3.69. The van der Waals surface area contributed by atoms with Gasteiger partial charge in [-0.05, 0) is 92.3 Å². The van der Waals surface area contributed by atoms with Crippen LogP contribution in [-0.4, -0.2) is 25.0 Å². The Morgan fingerprint density at radius 1 is 0.920 bits per heavy atom. The Morgan fingerprint density at radius 3 is 2.44 bits per heavy atom. The molecule has 140 valence electrons. The Labute approximate surface area is 151 Å². The van der Waals surface area contributed by atoms with E-state index in [4.69, 9.17) is 4.74 Å². The van der Waals surface area contributed by atoms with Gasteiger partial charge in [-0.2, -0.15) is 0 Å². The number of nitrogens with one attached hydrogen (secondary N) is 1. The Hall–Kier alpha value is -1.06. The van der Waals surface area contributed by atoms with Crippen LogP contribution in [0.1, 0.15) is 71.6 Å². The number of carbonyl (C=O) groups is 2. The number of amides is 1. The number of carbonyl (C=O) groups excluding carboxylic acids is 2. The maximum Gasteiger partial charge on any atom is 0.293 e. The van der Waals surface area contributed by atoms with Gasteiger partial charge in [0.15, 0.2) is 0 Å². The number of fused-ring (bicyclic) bond motifs is 5. The minimum Gasteiger partial charge on any atom is -0.465 e. The first-order chi connectivity index (χ1) is 12.0. The molecule has 0 unspecified atom stereocenters. The molecular formula is C21H33NO3. The maximum atomic E-state index is 11.0. The van der Waals surface area contributed by atoms with Crippen LogP contribution in [0.5, 0.6) is 0 Å². The molecule has 25 heavy (non-hydrogen) atoms. The summed E-state index contributed by atoms with van der Waals surface area (Å²) >= 11 is 0. The molecule has 4 aliphatic carbocycles. The van der Waals surface area contributed by atoms with Gasteiger partial charge in [0.1, 0.15) is 6.10 Å². The minimum absolute atomic E-state index is 0.147. The molecule has 0 bridgehead atoms. The van der Waals surface area contributed by atoms with Gasteiger partial charge in [0.25, 0.3) is 6.47 Å². The summed E-state index contributed by atoms with van der Waals surface area (Å²) in [6, 6.07) is 0.373. The summed E-state index contributed by atoms with van der Waals surface area (Å²) in [5.41, 5.74) is 0.715. The minimum atomic E-state index is 0.147. The molecule has 4 nitrogen and oxygen atoms in total. The first-order valence-corrected chi connectivity index (χ1v) is 10.3. The lowest BCUT2D eigenvalue weighted by Gasteiger charge is -2.61. The van der Waals surface area contributed by atoms with Gasteiger partial charge < -0.3 is 10.1 Å². The fraction of sp³-hybridized carbons (Fsp3) is 0.905. The summed E-state index contributed by atoms with van der Waals surface area (Å²) in [4.78, 5) is 21.8. The van der Waals surface area contributed by atoms with Crippen molar-refractivity contribution in [2.45, 2.75) is 83.8 Å². The van der Waals surface area contributed by atoms with Crippen LogP contribution in [0.25, 0.3) is 0 Å².